The first-order chi connectivity index (χ1) is 11.5. The number of hydrogen-bond donors (Lipinski definition) is 1. The van der Waals surface area contributed by atoms with Crippen molar-refractivity contribution >= 4 is 27.5 Å². The van der Waals surface area contributed by atoms with Crippen molar-refractivity contribution in [1.82, 2.24) is 19.6 Å². The van der Waals surface area contributed by atoms with E-state index in [-0.39, 0.29) is 5.91 Å². The van der Waals surface area contributed by atoms with Crippen LogP contribution < -0.4 is 5.32 Å². The van der Waals surface area contributed by atoms with E-state index in [9.17, 15) is 4.79 Å². The van der Waals surface area contributed by atoms with Crippen LogP contribution in [0.1, 0.15) is 27.4 Å². The van der Waals surface area contributed by atoms with E-state index in [4.69, 9.17) is 0 Å². The molecule has 24 heavy (non-hydrogen) atoms. The van der Waals surface area contributed by atoms with Gasteiger partial charge in [0.15, 0.2) is 0 Å². The van der Waals surface area contributed by atoms with E-state index in [0.29, 0.717) is 12.2 Å². The minimum Gasteiger partial charge on any atom is -0.321 e. The number of carbonyl (C=O) groups excluding carboxylic acids is 1. The monoisotopic (exact) mass is 387 g/mol. The quantitative estimate of drug-likeness (QED) is 0.746. The molecule has 0 aliphatic rings. The van der Waals surface area contributed by atoms with Gasteiger partial charge in [-0.1, -0.05) is 12.1 Å². The third kappa shape index (κ3) is 3.26. The molecule has 0 spiro atoms. The van der Waals surface area contributed by atoms with Crippen LogP contribution in [-0.2, 0) is 13.6 Å². The molecule has 6 nitrogen and oxygen atoms in total. The molecule has 0 unspecified atom stereocenters. The number of halogens is 1. The van der Waals surface area contributed by atoms with Gasteiger partial charge in [0.05, 0.1) is 22.4 Å². The van der Waals surface area contributed by atoms with Crippen LogP contribution in [0.25, 0.3) is 0 Å². The van der Waals surface area contributed by atoms with E-state index in [1.54, 1.807) is 24.0 Å². The fourth-order valence-electron chi connectivity index (χ4n) is 2.54. The Kier molecular flexibility index (Phi) is 4.53. The number of rotatable bonds is 4. The van der Waals surface area contributed by atoms with Crippen LogP contribution in [-0.4, -0.2) is 25.5 Å². The van der Waals surface area contributed by atoms with Crippen molar-refractivity contribution < 1.29 is 4.79 Å². The minimum atomic E-state index is -0.180. The molecule has 124 valence electrons. The van der Waals surface area contributed by atoms with Crippen LogP contribution in [0.5, 0.6) is 0 Å². The first-order valence-corrected chi connectivity index (χ1v) is 8.33. The summed E-state index contributed by atoms with van der Waals surface area (Å²) in [5.41, 5.74) is 4.38. The number of carbonyl (C=O) groups is 1. The SMILES string of the molecule is Cc1nn(Cc2cccc(NC(=O)c3ccnn3C)c2)c(C)c1Br. The van der Waals surface area contributed by atoms with Gasteiger partial charge in [-0.05, 0) is 53.5 Å². The highest BCUT2D eigenvalue weighted by molar-refractivity contribution is 9.10. The second kappa shape index (κ2) is 6.60. The third-order valence-electron chi connectivity index (χ3n) is 3.86. The Balaban J connectivity index is 1.78. The lowest BCUT2D eigenvalue weighted by Crippen LogP contribution is -2.16. The number of benzene rings is 1. The standard InChI is InChI=1S/C17H18BrN5O/c1-11-16(18)12(2)23(21-11)10-13-5-4-6-14(9-13)20-17(24)15-7-8-19-22(15)3/h4-9H,10H2,1-3H3,(H,20,24). The summed E-state index contributed by atoms with van der Waals surface area (Å²) in [5, 5.41) is 11.4. The van der Waals surface area contributed by atoms with Gasteiger partial charge in [-0.3, -0.25) is 14.2 Å². The number of nitrogens with one attached hydrogen (secondary N) is 1. The Bertz CT molecular complexity index is 896. The molecule has 1 amide bonds. The average Bonchev–Trinajstić information content (AvgIpc) is 3.07. The Hall–Kier alpha value is -2.41. The number of anilines is 1. The number of aromatic nitrogens is 4. The Morgan fingerprint density at radius 3 is 2.71 bits per heavy atom. The molecule has 0 aliphatic heterocycles. The molecule has 0 saturated carbocycles. The van der Waals surface area contributed by atoms with Crippen molar-refractivity contribution in [3.05, 3.63) is 63.6 Å². The molecular weight excluding hydrogens is 370 g/mol. The molecule has 3 aromatic rings. The van der Waals surface area contributed by atoms with Crippen molar-refractivity contribution in [1.29, 1.82) is 0 Å². The molecule has 1 N–H and O–H groups in total. The third-order valence-corrected chi connectivity index (χ3v) is 5.01. The van der Waals surface area contributed by atoms with E-state index in [2.05, 4.69) is 31.4 Å². The molecule has 0 radical (unpaired) electrons. The molecule has 0 bridgehead atoms. The van der Waals surface area contributed by atoms with Gasteiger partial charge in [-0.15, -0.1) is 0 Å². The molecule has 2 aromatic heterocycles. The van der Waals surface area contributed by atoms with Crippen LogP contribution in [0.3, 0.4) is 0 Å². The summed E-state index contributed by atoms with van der Waals surface area (Å²) in [4.78, 5) is 12.3. The first kappa shape index (κ1) is 16.4. The minimum absolute atomic E-state index is 0.180. The maximum absolute atomic E-state index is 12.3. The molecule has 0 atom stereocenters. The zero-order valence-corrected chi connectivity index (χ0v) is 15.3. The van der Waals surface area contributed by atoms with Gasteiger partial charge in [0.2, 0.25) is 0 Å². The van der Waals surface area contributed by atoms with Gasteiger partial charge in [-0.25, -0.2) is 0 Å². The molecule has 0 fully saturated rings. The van der Waals surface area contributed by atoms with Crippen LogP contribution in [0, 0.1) is 13.8 Å². The predicted molar refractivity (Wildman–Crippen MR) is 96.1 cm³/mol. The molecular formula is C17H18BrN5O. The Morgan fingerprint density at radius 1 is 1.29 bits per heavy atom. The summed E-state index contributed by atoms with van der Waals surface area (Å²) < 4.78 is 4.52. The fraction of sp³-hybridized carbons (Fsp3) is 0.235. The van der Waals surface area contributed by atoms with E-state index < -0.39 is 0 Å². The molecule has 0 aliphatic carbocycles. The highest BCUT2D eigenvalue weighted by atomic mass is 79.9. The molecule has 7 heteroatoms. The van der Waals surface area contributed by atoms with Crippen molar-refractivity contribution in [3.63, 3.8) is 0 Å². The fourth-order valence-corrected chi connectivity index (χ4v) is 2.83. The second-order valence-corrected chi connectivity index (χ2v) is 6.43. The number of hydrogen-bond acceptors (Lipinski definition) is 3. The van der Waals surface area contributed by atoms with Crippen LogP contribution in [0.15, 0.2) is 41.0 Å². The van der Waals surface area contributed by atoms with E-state index >= 15 is 0 Å². The van der Waals surface area contributed by atoms with E-state index in [0.717, 1.165) is 27.1 Å². The van der Waals surface area contributed by atoms with Crippen molar-refractivity contribution in [3.8, 4) is 0 Å². The van der Waals surface area contributed by atoms with Gasteiger partial charge in [0.1, 0.15) is 5.69 Å². The van der Waals surface area contributed by atoms with Gasteiger partial charge < -0.3 is 5.32 Å². The largest absolute Gasteiger partial charge is 0.321 e. The summed E-state index contributed by atoms with van der Waals surface area (Å²) in [7, 11) is 1.74. The number of amides is 1. The Labute approximate surface area is 148 Å². The number of nitrogens with zero attached hydrogens (tertiary/aromatic N) is 4. The lowest BCUT2D eigenvalue weighted by atomic mass is 10.2. The maximum Gasteiger partial charge on any atom is 0.273 e. The van der Waals surface area contributed by atoms with E-state index in [1.807, 2.05) is 42.8 Å². The van der Waals surface area contributed by atoms with Crippen LogP contribution in [0.4, 0.5) is 5.69 Å². The highest BCUT2D eigenvalue weighted by Gasteiger charge is 2.11. The zero-order chi connectivity index (χ0) is 17.3. The zero-order valence-electron chi connectivity index (χ0n) is 13.7. The normalized spacial score (nSPS) is 10.8. The Morgan fingerprint density at radius 2 is 2.08 bits per heavy atom. The molecule has 0 saturated heterocycles. The van der Waals surface area contributed by atoms with Crippen LogP contribution in [0.2, 0.25) is 0 Å². The van der Waals surface area contributed by atoms with Crippen molar-refractivity contribution in [2.75, 3.05) is 5.32 Å². The number of aryl methyl sites for hydroxylation is 2. The van der Waals surface area contributed by atoms with Gasteiger partial charge in [0.25, 0.3) is 5.91 Å². The molecule has 3 rings (SSSR count). The predicted octanol–water partition coefficient (Wildman–Crippen LogP) is 3.30. The summed E-state index contributed by atoms with van der Waals surface area (Å²) in [5.74, 6) is -0.180. The second-order valence-electron chi connectivity index (χ2n) is 5.64. The summed E-state index contributed by atoms with van der Waals surface area (Å²) in [6.45, 7) is 4.64. The topological polar surface area (TPSA) is 64.7 Å². The van der Waals surface area contributed by atoms with Crippen molar-refractivity contribution in [2.24, 2.45) is 7.05 Å². The summed E-state index contributed by atoms with van der Waals surface area (Å²) >= 11 is 3.54. The smallest absolute Gasteiger partial charge is 0.273 e. The van der Waals surface area contributed by atoms with Gasteiger partial charge in [0, 0.05) is 18.9 Å². The first-order valence-electron chi connectivity index (χ1n) is 7.53. The lowest BCUT2D eigenvalue weighted by molar-refractivity contribution is 0.101. The van der Waals surface area contributed by atoms with Crippen LogP contribution >= 0.6 is 15.9 Å². The highest BCUT2D eigenvalue weighted by Crippen LogP contribution is 2.21. The van der Waals surface area contributed by atoms with Crippen molar-refractivity contribution in [2.45, 2.75) is 20.4 Å². The molecule has 2 heterocycles. The molecule has 1 aromatic carbocycles. The van der Waals surface area contributed by atoms with Gasteiger partial charge >= 0.3 is 0 Å². The maximum atomic E-state index is 12.3. The lowest BCUT2D eigenvalue weighted by Gasteiger charge is -2.09. The van der Waals surface area contributed by atoms with E-state index in [1.165, 1.54) is 0 Å². The summed E-state index contributed by atoms with van der Waals surface area (Å²) in [6, 6.07) is 9.46. The van der Waals surface area contributed by atoms with Gasteiger partial charge in [-0.2, -0.15) is 10.2 Å². The summed E-state index contributed by atoms with van der Waals surface area (Å²) in [6.07, 6.45) is 1.60. The average molecular weight is 388 g/mol.